The van der Waals surface area contributed by atoms with Crippen LogP contribution in [0, 0.1) is 0 Å². The lowest BCUT2D eigenvalue weighted by Crippen LogP contribution is -2.16. The smallest absolute Gasteiger partial charge is 0.364 e. The van der Waals surface area contributed by atoms with Gasteiger partial charge in [-0.25, -0.2) is 9.97 Å². The van der Waals surface area contributed by atoms with Gasteiger partial charge in [-0.05, 0) is 12.1 Å². The normalized spacial score (nSPS) is 12.2. The molecule has 7 heteroatoms. The summed E-state index contributed by atoms with van der Waals surface area (Å²) in [5, 5.41) is 0. The minimum atomic E-state index is -4.32. The third-order valence-corrected chi connectivity index (χ3v) is 1.81. The molecule has 0 spiro atoms. The number of rotatable bonds is 3. The maximum Gasteiger partial charge on any atom is 0.411 e. The van der Waals surface area contributed by atoms with Crippen molar-refractivity contribution >= 4 is 11.2 Å². The highest BCUT2D eigenvalue weighted by Crippen LogP contribution is 2.15. The van der Waals surface area contributed by atoms with Crippen LogP contribution >= 0.6 is 0 Å². The highest BCUT2D eigenvalue weighted by molar-refractivity contribution is 5.69. The molecule has 1 N–H and O–H groups in total. The van der Waals surface area contributed by atoms with Crippen LogP contribution in [-0.2, 0) is 11.3 Å². The number of halogens is 3. The minimum Gasteiger partial charge on any atom is -0.364 e. The Morgan fingerprint density at radius 2 is 2.19 bits per heavy atom. The fourth-order valence-corrected chi connectivity index (χ4v) is 1.23. The van der Waals surface area contributed by atoms with Gasteiger partial charge in [0.05, 0.1) is 5.52 Å². The standard InChI is InChI=1S/C9H8F3N3O/c10-9(11,12)5-16-4-7-14-6-2-1-3-13-8(6)15-7/h1-3H,4-5H2,(H,13,14,15). The Kier molecular flexibility index (Phi) is 2.78. The monoisotopic (exact) mass is 231 g/mol. The van der Waals surface area contributed by atoms with E-state index in [9.17, 15) is 13.2 Å². The second kappa shape index (κ2) is 4.09. The van der Waals surface area contributed by atoms with Crippen molar-refractivity contribution in [2.45, 2.75) is 12.8 Å². The summed E-state index contributed by atoms with van der Waals surface area (Å²) < 4.78 is 39.9. The predicted octanol–water partition coefficient (Wildman–Crippen LogP) is 2.04. The minimum absolute atomic E-state index is 0.212. The van der Waals surface area contributed by atoms with Gasteiger partial charge in [0.15, 0.2) is 5.65 Å². The molecule has 0 atom stereocenters. The summed E-state index contributed by atoms with van der Waals surface area (Å²) in [6.45, 7) is -1.49. The summed E-state index contributed by atoms with van der Waals surface area (Å²) in [5.41, 5.74) is 1.14. The van der Waals surface area contributed by atoms with E-state index >= 15 is 0 Å². The molecular formula is C9H8F3N3O. The Balaban J connectivity index is 2.00. The van der Waals surface area contributed by atoms with Gasteiger partial charge in [-0.2, -0.15) is 13.2 Å². The zero-order valence-electron chi connectivity index (χ0n) is 8.08. The van der Waals surface area contributed by atoms with Crippen molar-refractivity contribution in [3.8, 4) is 0 Å². The number of H-pyrrole nitrogens is 1. The van der Waals surface area contributed by atoms with Gasteiger partial charge in [-0.1, -0.05) is 0 Å². The number of imidazole rings is 1. The van der Waals surface area contributed by atoms with Gasteiger partial charge < -0.3 is 9.72 Å². The average Bonchev–Trinajstić information content (AvgIpc) is 2.57. The predicted molar refractivity (Wildman–Crippen MR) is 49.6 cm³/mol. The number of alkyl halides is 3. The van der Waals surface area contributed by atoms with Crippen LogP contribution in [-0.4, -0.2) is 27.7 Å². The number of aromatic nitrogens is 3. The SMILES string of the molecule is FC(F)(F)COCc1nc2ncccc2[nH]1. The first kappa shape index (κ1) is 10.9. The molecule has 0 fully saturated rings. The Morgan fingerprint density at radius 3 is 2.88 bits per heavy atom. The molecule has 0 radical (unpaired) electrons. The van der Waals surface area contributed by atoms with Crippen molar-refractivity contribution in [1.82, 2.24) is 15.0 Å². The van der Waals surface area contributed by atoms with Gasteiger partial charge in [-0.3, -0.25) is 0 Å². The van der Waals surface area contributed by atoms with E-state index in [-0.39, 0.29) is 6.61 Å². The van der Waals surface area contributed by atoms with Gasteiger partial charge in [0, 0.05) is 6.20 Å². The molecule has 0 aliphatic rings. The van der Waals surface area contributed by atoms with Crippen molar-refractivity contribution in [2.24, 2.45) is 0 Å². The first-order valence-electron chi connectivity index (χ1n) is 4.49. The number of hydrogen-bond donors (Lipinski definition) is 1. The lowest BCUT2D eigenvalue weighted by Gasteiger charge is -2.05. The summed E-state index contributed by atoms with van der Waals surface area (Å²) in [7, 11) is 0. The zero-order valence-corrected chi connectivity index (χ0v) is 8.08. The third kappa shape index (κ3) is 2.69. The van der Waals surface area contributed by atoms with Crippen LogP contribution in [0.15, 0.2) is 18.3 Å². The molecule has 0 aliphatic heterocycles. The number of pyridine rings is 1. The highest BCUT2D eigenvalue weighted by atomic mass is 19.4. The molecular weight excluding hydrogens is 223 g/mol. The molecule has 0 aromatic carbocycles. The van der Waals surface area contributed by atoms with Crippen LogP contribution in [0.2, 0.25) is 0 Å². The topological polar surface area (TPSA) is 50.8 Å². The van der Waals surface area contributed by atoms with Crippen LogP contribution < -0.4 is 0 Å². The molecule has 16 heavy (non-hydrogen) atoms. The number of ether oxygens (including phenoxy) is 1. The Hall–Kier alpha value is -1.63. The van der Waals surface area contributed by atoms with Gasteiger partial charge in [-0.15, -0.1) is 0 Å². The van der Waals surface area contributed by atoms with Crippen LogP contribution in [0.3, 0.4) is 0 Å². The highest BCUT2D eigenvalue weighted by Gasteiger charge is 2.27. The number of hydrogen-bond acceptors (Lipinski definition) is 3. The fourth-order valence-electron chi connectivity index (χ4n) is 1.23. The molecule has 0 amide bonds. The lowest BCUT2D eigenvalue weighted by molar-refractivity contribution is -0.177. The van der Waals surface area contributed by atoms with Gasteiger partial charge in [0.25, 0.3) is 0 Å². The van der Waals surface area contributed by atoms with E-state index in [1.54, 1.807) is 18.3 Å². The Bertz CT molecular complexity index is 447. The lowest BCUT2D eigenvalue weighted by atomic mass is 10.4. The van der Waals surface area contributed by atoms with E-state index in [2.05, 4.69) is 19.7 Å². The van der Waals surface area contributed by atoms with Crippen LogP contribution in [0.1, 0.15) is 5.82 Å². The molecule has 0 unspecified atom stereocenters. The quantitative estimate of drug-likeness (QED) is 0.879. The number of fused-ring (bicyclic) bond motifs is 1. The maximum absolute atomic E-state index is 11.8. The largest absolute Gasteiger partial charge is 0.411 e. The second-order valence-electron chi connectivity index (χ2n) is 3.17. The molecule has 0 saturated heterocycles. The molecule has 0 bridgehead atoms. The summed E-state index contributed by atoms with van der Waals surface area (Å²) in [6, 6.07) is 3.45. The number of aromatic amines is 1. The molecule has 2 rings (SSSR count). The number of nitrogens with zero attached hydrogens (tertiary/aromatic N) is 2. The van der Waals surface area contributed by atoms with Crippen molar-refractivity contribution < 1.29 is 17.9 Å². The van der Waals surface area contributed by atoms with Crippen LogP contribution in [0.4, 0.5) is 13.2 Å². The van der Waals surface area contributed by atoms with Crippen LogP contribution in [0.25, 0.3) is 11.2 Å². The van der Waals surface area contributed by atoms with Crippen LogP contribution in [0.5, 0.6) is 0 Å². The van der Waals surface area contributed by atoms with Crippen molar-refractivity contribution in [2.75, 3.05) is 6.61 Å². The van der Waals surface area contributed by atoms with E-state index in [4.69, 9.17) is 0 Å². The van der Waals surface area contributed by atoms with Gasteiger partial charge in [0.1, 0.15) is 19.0 Å². The van der Waals surface area contributed by atoms with E-state index < -0.39 is 12.8 Å². The van der Waals surface area contributed by atoms with Crippen molar-refractivity contribution in [1.29, 1.82) is 0 Å². The van der Waals surface area contributed by atoms with Gasteiger partial charge in [0.2, 0.25) is 0 Å². The number of nitrogens with one attached hydrogen (secondary N) is 1. The van der Waals surface area contributed by atoms with Gasteiger partial charge >= 0.3 is 6.18 Å². The molecule has 0 saturated carbocycles. The maximum atomic E-state index is 11.8. The first-order valence-corrected chi connectivity index (χ1v) is 4.49. The fraction of sp³-hybridized carbons (Fsp3) is 0.333. The van der Waals surface area contributed by atoms with E-state index in [1.165, 1.54) is 0 Å². The molecule has 4 nitrogen and oxygen atoms in total. The average molecular weight is 231 g/mol. The Morgan fingerprint density at radius 1 is 1.38 bits per heavy atom. The summed E-state index contributed by atoms with van der Waals surface area (Å²) >= 11 is 0. The van der Waals surface area contributed by atoms with Crippen molar-refractivity contribution in [3.63, 3.8) is 0 Å². The van der Waals surface area contributed by atoms with E-state index in [0.29, 0.717) is 17.0 Å². The van der Waals surface area contributed by atoms with E-state index in [1.807, 2.05) is 0 Å². The third-order valence-electron chi connectivity index (χ3n) is 1.81. The first-order chi connectivity index (χ1) is 7.54. The molecule has 2 aromatic heterocycles. The molecule has 2 heterocycles. The Labute approximate surface area is 88.5 Å². The molecule has 2 aromatic rings. The van der Waals surface area contributed by atoms with Crippen molar-refractivity contribution in [3.05, 3.63) is 24.2 Å². The van der Waals surface area contributed by atoms with E-state index in [0.717, 1.165) is 0 Å². The summed E-state index contributed by atoms with van der Waals surface area (Å²) in [6.07, 6.45) is -2.76. The molecule has 0 aliphatic carbocycles. The zero-order chi connectivity index (χ0) is 11.6. The summed E-state index contributed by atoms with van der Waals surface area (Å²) in [5.74, 6) is 0.331. The molecule has 86 valence electrons. The summed E-state index contributed by atoms with van der Waals surface area (Å²) in [4.78, 5) is 10.7. The second-order valence-corrected chi connectivity index (χ2v) is 3.17.